The summed E-state index contributed by atoms with van der Waals surface area (Å²) in [5.74, 6) is 0.973. The summed E-state index contributed by atoms with van der Waals surface area (Å²) in [5, 5.41) is 10.2. The fourth-order valence-electron chi connectivity index (χ4n) is 2.11. The van der Waals surface area contributed by atoms with Crippen molar-refractivity contribution >= 4 is 11.0 Å². The van der Waals surface area contributed by atoms with Crippen molar-refractivity contribution in [3.05, 3.63) is 30.1 Å². The van der Waals surface area contributed by atoms with E-state index in [1.54, 1.807) is 0 Å². The molecule has 0 bridgehead atoms. The van der Waals surface area contributed by atoms with Crippen LogP contribution < -0.4 is 0 Å². The van der Waals surface area contributed by atoms with E-state index < -0.39 is 0 Å². The number of hydrogen-bond acceptors (Lipinski definition) is 2. The van der Waals surface area contributed by atoms with E-state index in [0.29, 0.717) is 6.42 Å². The number of aryl methyl sites for hydroxylation is 1. The molecule has 3 nitrogen and oxygen atoms in total. The fourth-order valence-corrected chi connectivity index (χ4v) is 2.11. The number of rotatable bonds is 3. The van der Waals surface area contributed by atoms with Gasteiger partial charge < -0.3 is 9.67 Å². The molecule has 0 fully saturated rings. The molecule has 0 aliphatic rings. The summed E-state index contributed by atoms with van der Waals surface area (Å²) < 4.78 is 2.18. The van der Waals surface area contributed by atoms with Gasteiger partial charge in [-0.05, 0) is 24.5 Å². The molecule has 2 rings (SSSR count). The van der Waals surface area contributed by atoms with E-state index in [4.69, 9.17) is 0 Å². The highest BCUT2D eigenvalue weighted by Crippen LogP contribution is 2.24. The highest BCUT2D eigenvalue weighted by molar-refractivity contribution is 5.75. The number of hydrogen-bond donors (Lipinski definition) is 1. The molecule has 0 spiro atoms. The van der Waals surface area contributed by atoms with Crippen molar-refractivity contribution in [3.63, 3.8) is 0 Å². The Balaban J connectivity index is 2.39. The number of aromatic nitrogens is 2. The van der Waals surface area contributed by atoms with Crippen molar-refractivity contribution in [2.75, 3.05) is 0 Å². The first-order valence-corrected chi connectivity index (χ1v) is 6.55. The zero-order chi connectivity index (χ0) is 13.3. The highest BCUT2D eigenvalue weighted by Gasteiger charge is 2.24. The summed E-state index contributed by atoms with van der Waals surface area (Å²) in [7, 11) is 0. The monoisotopic (exact) mass is 246 g/mol. The van der Waals surface area contributed by atoms with Crippen LogP contribution in [0.25, 0.3) is 11.0 Å². The van der Waals surface area contributed by atoms with Crippen molar-refractivity contribution in [1.29, 1.82) is 0 Å². The predicted octanol–water partition coefficient (Wildman–Crippen LogP) is 3.01. The lowest BCUT2D eigenvalue weighted by Crippen LogP contribution is -2.29. The first kappa shape index (κ1) is 13.1. The molecule has 3 heteroatoms. The van der Waals surface area contributed by atoms with Crippen LogP contribution in [-0.4, -0.2) is 20.8 Å². The van der Waals surface area contributed by atoms with Gasteiger partial charge in [0.2, 0.25) is 0 Å². The summed E-state index contributed by atoms with van der Waals surface area (Å²) in [6.07, 6.45) is 0.228. The molecule has 1 aromatic heterocycles. The zero-order valence-corrected chi connectivity index (χ0v) is 11.6. The Kier molecular flexibility index (Phi) is 3.44. The Morgan fingerprint density at radius 1 is 1.28 bits per heavy atom. The average Bonchev–Trinajstić information content (AvgIpc) is 2.64. The molecular formula is C15H22N2O. The van der Waals surface area contributed by atoms with E-state index in [1.165, 1.54) is 0 Å². The summed E-state index contributed by atoms with van der Waals surface area (Å²) in [4.78, 5) is 4.64. The molecule has 0 amide bonds. The van der Waals surface area contributed by atoms with Gasteiger partial charge in [0, 0.05) is 13.0 Å². The normalized spacial score (nSPS) is 14.1. The molecular weight excluding hydrogens is 224 g/mol. The minimum atomic E-state index is -0.375. The van der Waals surface area contributed by atoms with E-state index in [0.717, 1.165) is 23.4 Å². The first-order chi connectivity index (χ1) is 8.43. The third-order valence-corrected chi connectivity index (χ3v) is 3.43. The molecule has 1 aromatic carbocycles. The van der Waals surface area contributed by atoms with E-state index in [-0.39, 0.29) is 11.5 Å². The predicted molar refractivity (Wildman–Crippen MR) is 74.6 cm³/mol. The van der Waals surface area contributed by atoms with Gasteiger partial charge in [-0.15, -0.1) is 0 Å². The number of fused-ring (bicyclic) bond motifs is 1. The fraction of sp³-hybridized carbons (Fsp3) is 0.533. The van der Waals surface area contributed by atoms with E-state index >= 15 is 0 Å². The molecule has 0 aliphatic carbocycles. The maximum atomic E-state index is 10.2. The van der Waals surface area contributed by atoms with Gasteiger partial charge in [-0.1, -0.05) is 32.9 Å². The Bertz CT molecular complexity index is 537. The van der Waals surface area contributed by atoms with E-state index in [9.17, 15) is 5.11 Å². The largest absolute Gasteiger partial charge is 0.392 e. The number of aliphatic hydroxyl groups is 1. The van der Waals surface area contributed by atoms with Gasteiger partial charge in [0.1, 0.15) is 5.82 Å². The third-order valence-electron chi connectivity index (χ3n) is 3.43. The Labute approximate surface area is 108 Å². The molecule has 0 aliphatic heterocycles. The molecule has 0 saturated heterocycles. The summed E-state index contributed by atoms with van der Waals surface area (Å²) in [5.41, 5.74) is 2.04. The van der Waals surface area contributed by atoms with Crippen molar-refractivity contribution < 1.29 is 5.11 Å². The van der Waals surface area contributed by atoms with Crippen molar-refractivity contribution in [2.24, 2.45) is 5.41 Å². The number of imidazole rings is 1. The quantitative estimate of drug-likeness (QED) is 0.904. The average molecular weight is 246 g/mol. The molecule has 1 heterocycles. The molecule has 1 N–H and O–H groups in total. The molecule has 0 radical (unpaired) electrons. The Morgan fingerprint density at radius 2 is 1.94 bits per heavy atom. The summed E-state index contributed by atoms with van der Waals surface area (Å²) in [6.45, 7) is 9.15. The molecule has 18 heavy (non-hydrogen) atoms. The molecule has 1 unspecified atom stereocenters. The topological polar surface area (TPSA) is 38.0 Å². The SMILES string of the molecule is CCn1c(CC(O)C(C)(C)C)nc2ccccc21. The van der Waals surface area contributed by atoms with E-state index in [1.807, 2.05) is 18.2 Å². The van der Waals surface area contributed by atoms with Crippen molar-refractivity contribution in [1.82, 2.24) is 9.55 Å². The molecule has 2 aromatic rings. The van der Waals surface area contributed by atoms with Crippen molar-refractivity contribution in [2.45, 2.75) is 46.8 Å². The molecule has 0 saturated carbocycles. The highest BCUT2D eigenvalue weighted by atomic mass is 16.3. The Morgan fingerprint density at radius 3 is 2.56 bits per heavy atom. The lowest BCUT2D eigenvalue weighted by atomic mass is 9.87. The van der Waals surface area contributed by atoms with Crippen LogP contribution in [0, 0.1) is 5.41 Å². The maximum absolute atomic E-state index is 10.2. The van der Waals surface area contributed by atoms with Gasteiger partial charge in [0.25, 0.3) is 0 Å². The van der Waals surface area contributed by atoms with Crippen LogP contribution in [0.15, 0.2) is 24.3 Å². The minimum absolute atomic E-state index is 0.114. The van der Waals surface area contributed by atoms with Gasteiger partial charge in [0.15, 0.2) is 0 Å². The second-order valence-corrected chi connectivity index (χ2v) is 5.85. The zero-order valence-electron chi connectivity index (χ0n) is 11.6. The summed E-state index contributed by atoms with van der Waals surface area (Å²) >= 11 is 0. The van der Waals surface area contributed by atoms with Crippen LogP contribution in [0.4, 0.5) is 0 Å². The van der Waals surface area contributed by atoms with Crippen LogP contribution >= 0.6 is 0 Å². The Hall–Kier alpha value is -1.35. The number of para-hydroxylation sites is 2. The lowest BCUT2D eigenvalue weighted by Gasteiger charge is -2.25. The standard InChI is InChI=1S/C15H22N2O/c1-5-17-12-9-7-6-8-11(12)16-14(17)10-13(18)15(2,3)4/h6-9,13,18H,5,10H2,1-4H3. The first-order valence-electron chi connectivity index (χ1n) is 6.55. The van der Waals surface area contributed by atoms with Gasteiger partial charge in [-0.2, -0.15) is 0 Å². The summed E-state index contributed by atoms with van der Waals surface area (Å²) in [6, 6.07) is 8.13. The van der Waals surface area contributed by atoms with Crippen LogP contribution in [-0.2, 0) is 13.0 Å². The maximum Gasteiger partial charge on any atom is 0.112 e. The van der Waals surface area contributed by atoms with Crippen LogP contribution in [0.3, 0.4) is 0 Å². The molecule has 1 atom stereocenters. The lowest BCUT2D eigenvalue weighted by molar-refractivity contribution is 0.0612. The van der Waals surface area contributed by atoms with E-state index in [2.05, 4.69) is 43.3 Å². The minimum Gasteiger partial charge on any atom is -0.392 e. The van der Waals surface area contributed by atoms with Crippen molar-refractivity contribution in [3.8, 4) is 0 Å². The number of aliphatic hydroxyl groups excluding tert-OH is 1. The van der Waals surface area contributed by atoms with Crippen LogP contribution in [0.1, 0.15) is 33.5 Å². The smallest absolute Gasteiger partial charge is 0.112 e. The number of benzene rings is 1. The van der Waals surface area contributed by atoms with Gasteiger partial charge in [-0.3, -0.25) is 0 Å². The van der Waals surface area contributed by atoms with Crippen LogP contribution in [0.5, 0.6) is 0 Å². The third kappa shape index (κ3) is 2.41. The van der Waals surface area contributed by atoms with Gasteiger partial charge >= 0.3 is 0 Å². The van der Waals surface area contributed by atoms with Gasteiger partial charge in [-0.25, -0.2) is 4.98 Å². The number of nitrogens with zero attached hydrogens (tertiary/aromatic N) is 2. The van der Waals surface area contributed by atoms with Gasteiger partial charge in [0.05, 0.1) is 17.1 Å². The molecule has 98 valence electrons. The van der Waals surface area contributed by atoms with Crippen LogP contribution in [0.2, 0.25) is 0 Å². The second kappa shape index (κ2) is 4.73. The second-order valence-electron chi connectivity index (χ2n) is 5.85.